The summed E-state index contributed by atoms with van der Waals surface area (Å²) in [6.45, 7) is 4.30. The fourth-order valence-corrected chi connectivity index (χ4v) is 1.24. The summed E-state index contributed by atoms with van der Waals surface area (Å²) in [5.41, 5.74) is 0.207. The maximum atomic E-state index is 9.10. The van der Waals surface area contributed by atoms with E-state index in [9.17, 15) is 0 Å². The number of rotatable bonds is 0. The zero-order valence-corrected chi connectivity index (χ0v) is 8.06. The number of nitrogens with one attached hydrogen (secondary N) is 1. The summed E-state index contributed by atoms with van der Waals surface area (Å²) < 4.78 is 10.4. The summed E-state index contributed by atoms with van der Waals surface area (Å²) in [5.74, 6) is -3.65. The number of morpholine rings is 1. The van der Waals surface area contributed by atoms with Crippen molar-refractivity contribution in [2.75, 3.05) is 33.0 Å². The van der Waals surface area contributed by atoms with Crippen LogP contribution in [0.4, 0.5) is 0 Å². The molecule has 0 radical (unpaired) electrons. The van der Waals surface area contributed by atoms with Crippen molar-refractivity contribution in [3.8, 4) is 0 Å². The van der Waals surface area contributed by atoms with Crippen molar-refractivity contribution in [3.63, 3.8) is 0 Å². The predicted octanol–water partition coefficient (Wildman–Crippen LogP) is -1.47. The molecule has 3 N–H and O–H groups in total. The molecule has 7 heteroatoms. The number of carboxylic acids is 2. The molecular weight excluding hydrogens is 206 g/mol. The van der Waals surface area contributed by atoms with Gasteiger partial charge in [-0.25, -0.2) is 9.59 Å². The Balaban J connectivity index is 0.000000167. The Kier molecular flexibility index (Phi) is 4.01. The van der Waals surface area contributed by atoms with E-state index in [-0.39, 0.29) is 5.54 Å². The van der Waals surface area contributed by atoms with Crippen molar-refractivity contribution in [2.45, 2.75) is 5.54 Å². The standard InChI is InChI=1S/C6H11NO2.C2H2O4/c1-2-8-3-6(7-1)4-9-5-6;3-1(4)2(5)6/h7H,1-5H2;(H,3,4)(H,5,6). The molecule has 0 aromatic rings. The molecule has 0 aromatic heterocycles. The Hall–Kier alpha value is -1.18. The molecule has 86 valence electrons. The van der Waals surface area contributed by atoms with Crippen molar-refractivity contribution >= 4 is 11.9 Å². The first-order valence-corrected chi connectivity index (χ1v) is 4.42. The number of hydrogen-bond donors (Lipinski definition) is 3. The smallest absolute Gasteiger partial charge is 0.414 e. The molecule has 0 unspecified atom stereocenters. The van der Waals surface area contributed by atoms with Crippen molar-refractivity contribution in [1.29, 1.82) is 0 Å². The average molecular weight is 219 g/mol. The lowest BCUT2D eigenvalue weighted by Crippen LogP contribution is -2.66. The van der Waals surface area contributed by atoms with Crippen LogP contribution in [0.3, 0.4) is 0 Å². The third-order valence-electron chi connectivity index (χ3n) is 2.06. The van der Waals surface area contributed by atoms with E-state index in [1.807, 2.05) is 0 Å². The summed E-state index contributed by atoms with van der Waals surface area (Å²) in [7, 11) is 0. The van der Waals surface area contributed by atoms with E-state index < -0.39 is 11.9 Å². The first kappa shape index (κ1) is 11.9. The molecule has 15 heavy (non-hydrogen) atoms. The van der Waals surface area contributed by atoms with Gasteiger partial charge in [0, 0.05) is 6.54 Å². The number of carbonyl (C=O) groups is 2. The van der Waals surface area contributed by atoms with Gasteiger partial charge in [-0.3, -0.25) is 0 Å². The van der Waals surface area contributed by atoms with Crippen molar-refractivity contribution in [1.82, 2.24) is 5.32 Å². The first-order chi connectivity index (χ1) is 7.06. The second-order valence-electron chi connectivity index (χ2n) is 3.36. The van der Waals surface area contributed by atoms with Gasteiger partial charge in [0.1, 0.15) is 0 Å². The fourth-order valence-electron chi connectivity index (χ4n) is 1.24. The SMILES string of the molecule is C1COCC2(COC2)N1.O=C(O)C(=O)O. The highest BCUT2D eigenvalue weighted by molar-refractivity contribution is 6.27. The van der Waals surface area contributed by atoms with Crippen LogP contribution in [0.5, 0.6) is 0 Å². The van der Waals surface area contributed by atoms with Gasteiger partial charge in [-0.05, 0) is 0 Å². The van der Waals surface area contributed by atoms with Crippen LogP contribution < -0.4 is 5.32 Å². The molecule has 0 amide bonds. The Morgan fingerprint density at radius 2 is 1.60 bits per heavy atom. The third kappa shape index (κ3) is 3.46. The first-order valence-electron chi connectivity index (χ1n) is 4.42. The molecule has 0 bridgehead atoms. The maximum Gasteiger partial charge on any atom is 0.414 e. The van der Waals surface area contributed by atoms with Crippen LogP contribution >= 0.6 is 0 Å². The molecule has 2 rings (SSSR count). The monoisotopic (exact) mass is 219 g/mol. The van der Waals surface area contributed by atoms with Gasteiger partial charge in [0.05, 0.1) is 32.0 Å². The molecule has 2 fully saturated rings. The third-order valence-corrected chi connectivity index (χ3v) is 2.06. The number of hydrogen-bond acceptors (Lipinski definition) is 5. The molecule has 7 nitrogen and oxygen atoms in total. The van der Waals surface area contributed by atoms with E-state index >= 15 is 0 Å². The highest BCUT2D eigenvalue weighted by Gasteiger charge is 2.39. The summed E-state index contributed by atoms with van der Waals surface area (Å²) >= 11 is 0. The zero-order valence-electron chi connectivity index (χ0n) is 8.06. The molecule has 0 atom stereocenters. The topological polar surface area (TPSA) is 105 Å². The highest BCUT2D eigenvalue weighted by Crippen LogP contribution is 2.18. The average Bonchev–Trinajstić information content (AvgIpc) is 2.17. The van der Waals surface area contributed by atoms with E-state index in [0.29, 0.717) is 0 Å². The Labute approximate surface area is 86.0 Å². The summed E-state index contributed by atoms with van der Waals surface area (Å²) in [5, 5.41) is 18.2. The van der Waals surface area contributed by atoms with Crippen LogP contribution in [0.2, 0.25) is 0 Å². The van der Waals surface area contributed by atoms with Gasteiger partial charge in [0.25, 0.3) is 0 Å². The highest BCUT2D eigenvalue weighted by atomic mass is 16.5. The van der Waals surface area contributed by atoms with Gasteiger partial charge in [-0.1, -0.05) is 0 Å². The van der Waals surface area contributed by atoms with Crippen LogP contribution in [0.25, 0.3) is 0 Å². The summed E-state index contributed by atoms with van der Waals surface area (Å²) in [6, 6.07) is 0. The fraction of sp³-hybridized carbons (Fsp3) is 0.750. The quantitative estimate of drug-likeness (QED) is 0.427. The lowest BCUT2D eigenvalue weighted by Gasteiger charge is -2.44. The van der Waals surface area contributed by atoms with Crippen molar-refractivity contribution < 1.29 is 29.3 Å². The second-order valence-corrected chi connectivity index (χ2v) is 3.36. The molecule has 2 saturated heterocycles. The number of aliphatic carboxylic acids is 2. The van der Waals surface area contributed by atoms with Crippen LogP contribution in [0, 0.1) is 0 Å². The van der Waals surface area contributed by atoms with Gasteiger partial charge in [0.15, 0.2) is 0 Å². The van der Waals surface area contributed by atoms with Crippen LogP contribution in [0.15, 0.2) is 0 Å². The van der Waals surface area contributed by atoms with Crippen LogP contribution in [-0.4, -0.2) is 60.7 Å². The van der Waals surface area contributed by atoms with Gasteiger partial charge in [-0.15, -0.1) is 0 Å². The molecule has 0 saturated carbocycles. The number of carboxylic acid groups (broad SMARTS) is 2. The van der Waals surface area contributed by atoms with Crippen LogP contribution in [-0.2, 0) is 19.1 Å². The van der Waals surface area contributed by atoms with Gasteiger partial charge >= 0.3 is 11.9 Å². The van der Waals surface area contributed by atoms with E-state index in [1.54, 1.807) is 0 Å². The van der Waals surface area contributed by atoms with E-state index in [1.165, 1.54) is 0 Å². The minimum atomic E-state index is -1.82. The maximum absolute atomic E-state index is 9.10. The Bertz CT molecular complexity index is 230. The zero-order chi connectivity index (χ0) is 11.3. The normalized spacial score (nSPS) is 22.1. The van der Waals surface area contributed by atoms with Gasteiger partial charge in [0.2, 0.25) is 0 Å². The molecule has 0 aliphatic carbocycles. The van der Waals surface area contributed by atoms with Crippen molar-refractivity contribution in [2.24, 2.45) is 0 Å². The molecule has 1 spiro atoms. The molecule has 2 heterocycles. The minimum absolute atomic E-state index is 0.207. The largest absolute Gasteiger partial charge is 0.473 e. The Morgan fingerprint density at radius 3 is 1.80 bits per heavy atom. The lowest BCUT2D eigenvalue weighted by molar-refractivity contribution is -0.159. The lowest BCUT2D eigenvalue weighted by atomic mass is 9.98. The summed E-state index contributed by atoms with van der Waals surface area (Å²) in [6.07, 6.45) is 0. The summed E-state index contributed by atoms with van der Waals surface area (Å²) in [4.78, 5) is 18.2. The number of ether oxygens (including phenoxy) is 2. The molecular formula is C8H13NO6. The molecule has 2 aliphatic rings. The molecule has 2 aliphatic heterocycles. The minimum Gasteiger partial charge on any atom is -0.473 e. The Morgan fingerprint density at radius 1 is 1.07 bits per heavy atom. The predicted molar refractivity (Wildman–Crippen MR) is 47.6 cm³/mol. The van der Waals surface area contributed by atoms with Gasteiger partial charge in [-0.2, -0.15) is 0 Å². The van der Waals surface area contributed by atoms with E-state index in [2.05, 4.69) is 5.32 Å². The second kappa shape index (κ2) is 5.06. The molecule has 0 aromatic carbocycles. The van der Waals surface area contributed by atoms with Crippen molar-refractivity contribution in [3.05, 3.63) is 0 Å². The van der Waals surface area contributed by atoms with Gasteiger partial charge < -0.3 is 25.0 Å². The van der Waals surface area contributed by atoms with Crippen LogP contribution in [0.1, 0.15) is 0 Å². The van der Waals surface area contributed by atoms with E-state index in [4.69, 9.17) is 29.3 Å². The van der Waals surface area contributed by atoms with E-state index in [0.717, 1.165) is 33.0 Å².